The van der Waals surface area contributed by atoms with Crippen LogP contribution < -0.4 is 5.32 Å². The molecule has 2 rings (SSSR count). The number of carbonyl (C=O) groups excluding carboxylic acids is 1. The monoisotopic (exact) mass is 235 g/mol. The molecule has 0 saturated carbocycles. The topological polar surface area (TPSA) is 58.6 Å². The number of rotatable bonds is 2. The predicted molar refractivity (Wildman–Crippen MR) is 63.3 cm³/mol. The molecule has 0 fully saturated rings. The minimum Gasteiger partial charge on any atom is -0.508 e. The lowest BCUT2D eigenvalue weighted by Gasteiger charge is -2.06. The minimum atomic E-state index is -0.592. The first-order valence-corrected chi connectivity index (χ1v) is 5.05. The average Bonchev–Trinajstić information content (AvgIpc) is 2.60. The molecule has 0 aromatic heterocycles. The number of esters is 1. The van der Waals surface area contributed by atoms with Gasteiger partial charge in [-0.2, -0.15) is 0 Å². The van der Waals surface area contributed by atoms with Crippen LogP contribution in [0.4, 0.5) is 5.69 Å². The van der Waals surface area contributed by atoms with E-state index >= 15 is 0 Å². The summed E-state index contributed by atoms with van der Waals surface area (Å²) in [4.78, 5) is 11.4. The third-order valence-electron chi connectivity index (χ3n) is 2.09. The fourth-order valence-electron chi connectivity index (χ4n) is 1.33. The number of ether oxygens (including phenoxy) is 1. The molecule has 1 aromatic carbocycles. The third-order valence-corrected chi connectivity index (χ3v) is 2.40. The van der Waals surface area contributed by atoms with E-state index in [9.17, 15) is 9.90 Å². The van der Waals surface area contributed by atoms with E-state index in [0.717, 1.165) is 5.69 Å². The van der Waals surface area contributed by atoms with E-state index in [-0.39, 0.29) is 22.9 Å². The molecule has 2 N–H and O–H groups in total. The summed E-state index contributed by atoms with van der Waals surface area (Å²) in [6, 6.07) is 9.17. The number of aliphatic hydroxyl groups excluding tert-OH is 1. The summed E-state index contributed by atoms with van der Waals surface area (Å²) >= 11 is 5.02. The molecule has 1 aromatic rings. The van der Waals surface area contributed by atoms with Crippen LogP contribution in [0.1, 0.15) is 0 Å². The lowest BCUT2D eigenvalue weighted by atomic mass is 10.2. The van der Waals surface area contributed by atoms with Crippen LogP contribution >= 0.6 is 12.2 Å². The van der Waals surface area contributed by atoms with Gasteiger partial charge in [-0.05, 0) is 12.1 Å². The van der Waals surface area contributed by atoms with Crippen LogP contribution in [-0.4, -0.2) is 22.7 Å². The number of aliphatic hydroxyl groups is 1. The van der Waals surface area contributed by atoms with Gasteiger partial charge in [-0.3, -0.25) is 0 Å². The second-order valence-corrected chi connectivity index (χ2v) is 3.63. The lowest BCUT2D eigenvalue weighted by molar-refractivity contribution is -0.135. The Morgan fingerprint density at radius 3 is 2.62 bits per heavy atom. The number of hydrogen-bond donors (Lipinski definition) is 2. The van der Waals surface area contributed by atoms with Crippen molar-refractivity contribution in [3.05, 3.63) is 41.7 Å². The minimum absolute atomic E-state index is 0.0406. The highest BCUT2D eigenvalue weighted by molar-refractivity contribution is 7.81. The highest BCUT2D eigenvalue weighted by Gasteiger charge is 2.28. The van der Waals surface area contributed by atoms with Crippen LogP contribution in [-0.2, 0) is 9.53 Å². The van der Waals surface area contributed by atoms with E-state index in [2.05, 4.69) is 10.1 Å². The Balaban J connectivity index is 2.16. The summed E-state index contributed by atoms with van der Waals surface area (Å²) < 4.78 is 4.65. The van der Waals surface area contributed by atoms with E-state index in [4.69, 9.17) is 12.2 Å². The normalized spacial score (nSPS) is 14.9. The predicted octanol–water partition coefficient (Wildman–Crippen LogP) is 1.79. The van der Waals surface area contributed by atoms with Crippen molar-refractivity contribution >= 4 is 28.9 Å². The number of benzene rings is 1. The van der Waals surface area contributed by atoms with Gasteiger partial charge in [0.05, 0.1) is 0 Å². The SMILES string of the molecule is O=C1OCC(O)=C1C(=S)Nc1ccccc1. The first-order chi connectivity index (χ1) is 7.68. The van der Waals surface area contributed by atoms with Crippen LogP contribution in [0, 0.1) is 0 Å². The van der Waals surface area contributed by atoms with E-state index in [1.807, 2.05) is 30.3 Å². The molecular formula is C11H9NO3S. The van der Waals surface area contributed by atoms with Crippen molar-refractivity contribution in [3.8, 4) is 0 Å². The average molecular weight is 235 g/mol. The number of nitrogens with one attached hydrogen (secondary N) is 1. The van der Waals surface area contributed by atoms with Gasteiger partial charge in [0.15, 0.2) is 0 Å². The summed E-state index contributed by atoms with van der Waals surface area (Å²) in [6.45, 7) is -0.106. The van der Waals surface area contributed by atoms with Crippen LogP contribution in [0.25, 0.3) is 0 Å². The molecule has 0 bridgehead atoms. The van der Waals surface area contributed by atoms with Crippen LogP contribution in [0.5, 0.6) is 0 Å². The zero-order chi connectivity index (χ0) is 11.5. The fourth-order valence-corrected chi connectivity index (χ4v) is 1.65. The van der Waals surface area contributed by atoms with Gasteiger partial charge in [-0.15, -0.1) is 0 Å². The highest BCUT2D eigenvalue weighted by Crippen LogP contribution is 2.17. The Labute approximate surface area is 97.5 Å². The van der Waals surface area contributed by atoms with Gasteiger partial charge >= 0.3 is 5.97 Å². The molecular weight excluding hydrogens is 226 g/mol. The third kappa shape index (κ3) is 2.04. The van der Waals surface area contributed by atoms with Crippen molar-refractivity contribution < 1.29 is 14.6 Å². The Morgan fingerprint density at radius 1 is 1.38 bits per heavy atom. The summed E-state index contributed by atoms with van der Waals surface area (Å²) in [7, 11) is 0. The molecule has 82 valence electrons. The Kier molecular flexibility index (Phi) is 2.87. The summed E-state index contributed by atoms with van der Waals surface area (Å²) in [5.41, 5.74) is 0.798. The quantitative estimate of drug-likeness (QED) is 0.604. The molecule has 0 aliphatic carbocycles. The second-order valence-electron chi connectivity index (χ2n) is 3.22. The largest absolute Gasteiger partial charge is 0.508 e. The molecule has 5 heteroatoms. The molecule has 1 heterocycles. The van der Waals surface area contributed by atoms with Gasteiger partial charge in [0.2, 0.25) is 0 Å². The number of hydrogen-bond acceptors (Lipinski definition) is 4. The van der Waals surface area contributed by atoms with Crippen LogP contribution in [0.2, 0.25) is 0 Å². The summed E-state index contributed by atoms with van der Waals surface area (Å²) in [6.07, 6.45) is 0. The molecule has 0 radical (unpaired) electrons. The zero-order valence-corrected chi connectivity index (χ0v) is 9.08. The van der Waals surface area contributed by atoms with Gasteiger partial charge in [-0.1, -0.05) is 30.4 Å². The summed E-state index contributed by atoms with van der Waals surface area (Å²) in [5.74, 6) is -0.718. The molecule has 0 atom stereocenters. The summed E-state index contributed by atoms with van der Waals surface area (Å²) in [5, 5.41) is 12.3. The molecule has 4 nitrogen and oxygen atoms in total. The van der Waals surface area contributed by atoms with Crippen molar-refractivity contribution in [2.45, 2.75) is 0 Å². The number of anilines is 1. The number of para-hydroxylation sites is 1. The van der Waals surface area contributed by atoms with Gasteiger partial charge in [0.1, 0.15) is 22.9 Å². The van der Waals surface area contributed by atoms with Crippen molar-refractivity contribution in [1.82, 2.24) is 0 Å². The van der Waals surface area contributed by atoms with Gasteiger partial charge in [0.25, 0.3) is 0 Å². The Hall–Kier alpha value is -1.88. The van der Waals surface area contributed by atoms with Crippen molar-refractivity contribution in [3.63, 3.8) is 0 Å². The van der Waals surface area contributed by atoms with E-state index in [0.29, 0.717) is 0 Å². The Morgan fingerprint density at radius 2 is 2.06 bits per heavy atom. The molecule has 1 aliphatic rings. The lowest BCUT2D eigenvalue weighted by Crippen LogP contribution is -2.17. The van der Waals surface area contributed by atoms with Crippen LogP contribution in [0.15, 0.2) is 41.7 Å². The standard InChI is InChI=1S/C11H9NO3S/c13-8-6-15-11(14)9(8)10(16)12-7-4-2-1-3-5-7/h1-5,13H,6H2,(H,12,16). The van der Waals surface area contributed by atoms with E-state index < -0.39 is 5.97 Å². The van der Waals surface area contributed by atoms with Crippen molar-refractivity contribution in [1.29, 1.82) is 0 Å². The van der Waals surface area contributed by atoms with Gasteiger partial charge < -0.3 is 15.2 Å². The van der Waals surface area contributed by atoms with Gasteiger partial charge in [-0.25, -0.2) is 4.79 Å². The van der Waals surface area contributed by atoms with Crippen LogP contribution in [0.3, 0.4) is 0 Å². The number of cyclic esters (lactones) is 1. The van der Waals surface area contributed by atoms with Gasteiger partial charge in [0, 0.05) is 5.69 Å². The molecule has 1 aliphatic heterocycles. The van der Waals surface area contributed by atoms with E-state index in [1.165, 1.54) is 0 Å². The fraction of sp³-hybridized carbons (Fsp3) is 0.0909. The molecule has 0 spiro atoms. The molecule has 0 saturated heterocycles. The highest BCUT2D eigenvalue weighted by atomic mass is 32.1. The maximum absolute atomic E-state index is 11.2. The molecule has 16 heavy (non-hydrogen) atoms. The smallest absolute Gasteiger partial charge is 0.345 e. The number of thiocarbonyl (C=S) groups is 1. The van der Waals surface area contributed by atoms with Crippen molar-refractivity contribution in [2.24, 2.45) is 0 Å². The second kappa shape index (κ2) is 4.32. The number of carbonyl (C=O) groups is 1. The van der Waals surface area contributed by atoms with Crippen molar-refractivity contribution in [2.75, 3.05) is 11.9 Å². The zero-order valence-electron chi connectivity index (χ0n) is 8.27. The molecule has 0 amide bonds. The maximum Gasteiger partial charge on any atom is 0.345 e. The Bertz CT molecular complexity index is 467. The molecule has 0 unspecified atom stereocenters. The first-order valence-electron chi connectivity index (χ1n) is 4.64. The first kappa shape index (κ1) is 10.6. The van der Waals surface area contributed by atoms with E-state index in [1.54, 1.807) is 0 Å². The maximum atomic E-state index is 11.2.